The van der Waals surface area contributed by atoms with Gasteiger partial charge in [0.2, 0.25) is 0 Å². The first-order valence-electron chi connectivity index (χ1n) is 9.65. The van der Waals surface area contributed by atoms with Crippen molar-refractivity contribution < 1.29 is 4.68 Å². The summed E-state index contributed by atoms with van der Waals surface area (Å²) in [7, 11) is 2.06. The quantitative estimate of drug-likeness (QED) is 0.810. The Morgan fingerprint density at radius 2 is 2.25 bits per heavy atom. The van der Waals surface area contributed by atoms with Gasteiger partial charge in [-0.25, -0.2) is 0 Å². The van der Waals surface area contributed by atoms with Crippen LogP contribution in [-0.2, 0) is 6.54 Å². The molecule has 1 saturated heterocycles. The summed E-state index contributed by atoms with van der Waals surface area (Å²) >= 11 is 0. The average Bonchev–Trinajstić information content (AvgIpc) is 3.07. The van der Waals surface area contributed by atoms with Crippen molar-refractivity contribution in [2.24, 2.45) is 23.2 Å². The van der Waals surface area contributed by atoms with Crippen molar-refractivity contribution in [3.63, 3.8) is 0 Å². The Morgan fingerprint density at radius 1 is 1.38 bits per heavy atom. The van der Waals surface area contributed by atoms with Gasteiger partial charge in [-0.2, -0.15) is 0 Å². The van der Waals surface area contributed by atoms with E-state index in [9.17, 15) is 0 Å². The van der Waals surface area contributed by atoms with Gasteiger partial charge in [0.05, 0.1) is 18.0 Å². The van der Waals surface area contributed by atoms with E-state index >= 15 is 0 Å². The van der Waals surface area contributed by atoms with E-state index in [4.69, 9.17) is 5.10 Å². The third-order valence-corrected chi connectivity index (χ3v) is 7.69. The number of likely N-dealkylation sites (N-methyl/N-ethyl adjacent to an activating group) is 1. The molecular weight excluding hydrogens is 298 g/mol. The Morgan fingerprint density at radius 3 is 3.00 bits per heavy atom. The molecule has 5 heteroatoms. The Hall–Kier alpha value is -1.36. The predicted octanol–water partition coefficient (Wildman–Crippen LogP) is 1.64. The van der Waals surface area contributed by atoms with E-state index in [0.29, 0.717) is 17.5 Å². The summed E-state index contributed by atoms with van der Waals surface area (Å²) in [5.41, 5.74) is 1.81. The normalized spacial score (nSPS) is 38.8. The summed E-state index contributed by atoms with van der Waals surface area (Å²) in [4.78, 5) is 2.46. The molecule has 1 aromatic heterocycles. The van der Waals surface area contributed by atoms with Crippen LogP contribution in [-0.4, -0.2) is 37.3 Å². The highest BCUT2D eigenvalue weighted by Gasteiger charge is 2.60. The van der Waals surface area contributed by atoms with Crippen LogP contribution in [0.1, 0.15) is 33.1 Å². The first-order valence-corrected chi connectivity index (χ1v) is 9.65. The van der Waals surface area contributed by atoms with Crippen LogP contribution < -0.4 is 20.2 Å². The number of nitrogens with one attached hydrogen (secondary N) is 2. The number of hydrogen-bond acceptors (Lipinski definition) is 4. The summed E-state index contributed by atoms with van der Waals surface area (Å²) in [6.07, 6.45) is 6.06. The fraction of sp³-hybridized carbons (Fsp3) is 0.789. The fourth-order valence-corrected chi connectivity index (χ4v) is 5.86. The van der Waals surface area contributed by atoms with Crippen LogP contribution in [0.5, 0.6) is 0 Å². The van der Waals surface area contributed by atoms with E-state index in [0.717, 1.165) is 37.4 Å². The van der Waals surface area contributed by atoms with Crippen molar-refractivity contribution in [2.75, 3.05) is 30.4 Å². The van der Waals surface area contributed by atoms with Crippen molar-refractivity contribution in [1.82, 2.24) is 10.4 Å². The SMILES string of the molecule is CN[C@@H]1CCN(c2cn[n+]3c(c2)N[C@H]2C[C@@H]4C[C@H]([C@@H]2C3)C4(C)C)C1. The van der Waals surface area contributed by atoms with Crippen molar-refractivity contribution in [3.05, 3.63) is 12.3 Å². The van der Waals surface area contributed by atoms with E-state index in [2.05, 4.69) is 53.4 Å². The van der Waals surface area contributed by atoms with Crippen LogP contribution in [0.2, 0.25) is 0 Å². The van der Waals surface area contributed by atoms with E-state index in [-0.39, 0.29) is 0 Å². The van der Waals surface area contributed by atoms with Crippen molar-refractivity contribution in [3.8, 4) is 0 Å². The molecule has 0 radical (unpaired) electrons. The third kappa shape index (κ3) is 2.03. The molecule has 2 N–H and O–H groups in total. The maximum Gasteiger partial charge on any atom is 0.297 e. The summed E-state index contributed by atoms with van der Waals surface area (Å²) in [6, 6.07) is 3.59. The molecule has 0 spiro atoms. The molecule has 5 atom stereocenters. The maximum atomic E-state index is 4.80. The highest BCUT2D eigenvalue weighted by Crippen LogP contribution is 2.62. The summed E-state index contributed by atoms with van der Waals surface area (Å²) in [5, 5.41) is 12.0. The first kappa shape index (κ1) is 14.9. The lowest BCUT2D eigenvalue weighted by Crippen LogP contribution is -2.66. The smallest absolute Gasteiger partial charge is 0.297 e. The highest BCUT2D eigenvalue weighted by molar-refractivity contribution is 5.52. The second-order valence-corrected chi connectivity index (χ2v) is 9.01. The number of anilines is 2. The highest BCUT2D eigenvalue weighted by atomic mass is 15.3. The first-order chi connectivity index (χ1) is 11.6. The van der Waals surface area contributed by atoms with Gasteiger partial charge >= 0.3 is 0 Å². The molecule has 3 heterocycles. The number of hydrogen-bond donors (Lipinski definition) is 2. The van der Waals surface area contributed by atoms with Crippen LogP contribution in [0.25, 0.3) is 0 Å². The zero-order valence-corrected chi connectivity index (χ0v) is 15.1. The largest absolute Gasteiger partial charge is 0.368 e. The second kappa shape index (κ2) is 5.07. The Kier molecular flexibility index (Phi) is 3.16. The van der Waals surface area contributed by atoms with Gasteiger partial charge in [-0.05, 0) is 43.6 Å². The van der Waals surface area contributed by atoms with Crippen LogP contribution in [0.15, 0.2) is 12.3 Å². The molecular formula is C19H30N5+. The molecule has 5 aliphatic rings. The molecule has 4 fully saturated rings. The zero-order chi connectivity index (χ0) is 16.5. The fourth-order valence-electron chi connectivity index (χ4n) is 5.86. The zero-order valence-electron chi connectivity index (χ0n) is 15.1. The second-order valence-electron chi connectivity index (χ2n) is 9.01. The lowest BCUT2D eigenvalue weighted by molar-refractivity contribution is -0.753. The van der Waals surface area contributed by atoms with Gasteiger partial charge in [0.25, 0.3) is 5.82 Å². The van der Waals surface area contributed by atoms with E-state index < -0.39 is 0 Å². The molecule has 0 aromatic carbocycles. The number of fused-ring (bicyclic) bond motifs is 1. The summed E-state index contributed by atoms with van der Waals surface area (Å²) in [5.74, 6) is 3.75. The molecule has 1 aromatic rings. The summed E-state index contributed by atoms with van der Waals surface area (Å²) < 4.78 is 2.21. The van der Waals surface area contributed by atoms with Gasteiger partial charge in [-0.1, -0.05) is 18.9 Å². The maximum absolute atomic E-state index is 4.80. The van der Waals surface area contributed by atoms with Gasteiger partial charge < -0.3 is 10.2 Å². The van der Waals surface area contributed by atoms with Crippen molar-refractivity contribution in [1.29, 1.82) is 0 Å². The Labute approximate surface area is 144 Å². The van der Waals surface area contributed by atoms with E-state index in [1.54, 1.807) is 0 Å². The molecule has 130 valence electrons. The monoisotopic (exact) mass is 328 g/mol. The van der Waals surface area contributed by atoms with Gasteiger partial charge in [0, 0.05) is 25.0 Å². The molecule has 3 saturated carbocycles. The minimum Gasteiger partial charge on any atom is -0.368 e. The average molecular weight is 328 g/mol. The molecule has 2 aliphatic heterocycles. The topological polar surface area (TPSA) is 44.1 Å². The van der Waals surface area contributed by atoms with Gasteiger partial charge in [-0.3, -0.25) is 5.32 Å². The molecule has 24 heavy (non-hydrogen) atoms. The van der Waals surface area contributed by atoms with Crippen LogP contribution in [0.3, 0.4) is 0 Å². The molecule has 3 aliphatic carbocycles. The van der Waals surface area contributed by atoms with Gasteiger partial charge in [0.15, 0.2) is 0 Å². The number of rotatable bonds is 2. The lowest BCUT2D eigenvalue weighted by Gasteiger charge is -2.61. The summed E-state index contributed by atoms with van der Waals surface area (Å²) in [6.45, 7) is 8.26. The third-order valence-electron chi connectivity index (χ3n) is 7.69. The molecule has 0 unspecified atom stereocenters. The minimum atomic E-state index is 0.540. The lowest BCUT2D eigenvalue weighted by atomic mass is 9.44. The van der Waals surface area contributed by atoms with Crippen molar-refractivity contribution in [2.45, 2.75) is 51.7 Å². The van der Waals surface area contributed by atoms with Crippen LogP contribution in [0, 0.1) is 23.2 Å². The van der Waals surface area contributed by atoms with E-state index in [1.165, 1.54) is 30.8 Å². The molecule has 2 bridgehead atoms. The Bertz CT molecular complexity index is 657. The molecule has 5 nitrogen and oxygen atoms in total. The number of nitrogens with zero attached hydrogens (tertiary/aromatic N) is 3. The van der Waals surface area contributed by atoms with Crippen LogP contribution >= 0.6 is 0 Å². The minimum absolute atomic E-state index is 0.540. The number of aromatic nitrogens is 2. The van der Waals surface area contributed by atoms with Crippen LogP contribution in [0.4, 0.5) is 11.5 Å². The molecule has 6 rings (SSSR count). The van der Waals surface area contributed by atoms with Gasteiger partial charge in [0.1, 0.15) is 12.6 Å². The Balaban J connectivity index is 1.38. The van der Waals surface area contributed by atoms with Gasteiger partial charge in [-0.15, -0.1) is 4.68 Å². The molecule has 0 amide bonds. The van der Waals surface area contributed by atoms with Crippen molar-refractivity contribution >= 4 is 11.5 Å². The van der Waals surface area contributed by atoms with E-state index in [1.807, 2.05) is 0 Å². The standard InChI is InChI=1S/C19H29N5/c1-19(2)12-6-16(19)15-11-24-18(22-17(15)7-12)8-14(9-21-24)23-5-4-13(10-23)20-3/h8-9,12-13,15-17,20H,4-7,10-11H2,1-3H3/p+1/t12-,13+,15-,16+,17-/m0/s1. The predicted molar refractivity (Wildman–Crippen MR) is 95.0 cm³/mol.